The highest BCUT2D eigenvalue weighted by molar-refractivity contribution is 5.00. The maximum atomic E-state index is 5.79. The molecular formula is C16H27N3O. The molecule has 1 aromatic heterocycles. The van der Waals surface area contributed by atoms with Crippen molar-refractivity contribution in [3.63, 3.8) is 0 Å². The lowest BCUT2D eigenvalue weighted by Gasteiger charge is -2.23. The van der Waals surface area contributed by atoms with Crippen LogP contribution in [-0.2, 0) is 11.3 Å². The lowest BCUT2D eigenvalue weighted by atomic mass is 9.96. The third-order valence-electron chi connectivity index (χ3n) is 4.72. The second kappa shape index (κ2) is 6.27. The van der Waals surface area contributed by atoms with Gasteiger partial charge in [0.05, 0.1) is 17.3 Å². The summed E-state index contributed by atoms with van der Waals surface area (Å²) in [4.78, 5) is 0. The van der Waals surface area contributed by atoms with Crippen LogP contribution in [0, 0.1) is 0 Å². The number of hydrogen-bond donors (Lipinski definition) is 1. The van der Waals surface area contributed by atoms with Crippen molar-refractivity contribution in [1.29, 1.82) is 0 Å². The molecule has 0 bridgehead atoms. The van der Waals surface area contributed by atoms with Crippen molar-refractivity contribution in [1.82, 2.24) is 15.1 Å². The van der Waals surface area contributed by atoms with E-state index in [4.69, 9.17) is 9.84 Å². The monoisotopic (exact) mass is 277 g/mol. The van der Waals surface area contributed by atoms with Crippen LogP contribution in [0.25, 0.3) is 0 Å². The van der Waals surface area contributed by atoms with Gasteiger partial charge < -0.3 is 10.1 Å². The number of nitrogens with zero attached hydrogens (tertiary/aromatic N) is 2. The zero-order valence-electron chi connectivity index (χ0n) is 12.6. The van der Waals surface area contributed by atoms with E-state index in [0.717, 1.165) is 31.8 Å². The molecule has 0 radical (unpaired) electrons. The summed E-state index contributed by atoms with van der Waals surface area (Å²) in [6.07, 6.45) is 11.2. The molecule has 112 valence electrons. The van der Waals surface area contributed by atoms with Crippen molar-refractivity contribution < 1.29 is 4.74 Å². The fraction of sp³-hybridized carbons (Fsp3) is 0.812. The molecule has 1 N–H and O–H groups in total. The van der Waals surface area contributed by atoms with Gasteiger partial charge in [0.2, 0.25) is 0 Å². The lowest BCUT2D eigenvalue weighted by molar-refractivity contribution is 0.0206. The molecule has 1 saturated heterocycles. The van der Waals surface area contributed by atoms with E-state index in [1.54, 1.807) is 0 Å². The van der Waals surface area contributed by atoms with Crippen LogP contribution in [-0.4, -0.2) is 28.5 Å². The van der Waals surface area contributed by atoms with Crippen molar-refractivity contribution in [3.8, 4) is 0 Å². The first-order chi connectivity index (χ1) is 9.75. The molecule has 3 rings (SSSR count). The summed E-state index contributed by atoms with van der Waals surface area (Å²) in [5.74, 6) is 0. The molecule has 1 aliphatic carbocycles. The Kier molecular flexibility index (Phi) is 4.41. The first-order valence-corrected chi connectivity index (χ1v) is 8.14. The van der Waals surface area contributed by atoms with Gasteiger partial charge in [-0.1, -0.05) is 19.3 Å². The van der Waals surface area contributed by atoms with Crippen LogP contribution in [0.15, 0.2) is 12.3 Å². The van der Waals surface area contributed by atoms with Crippen LogP contribution >= 0.6 is 0 Å². The molecular weight excluding hydrogens is 250 g/mol. The van der Waals surface area contributed by atoms with Gasteiger partial charge in [0.25, 0.3) is 0 Å². The van der Waals surface area contributed by atoms with Gasteiger partial charge in [-0.2, -0.15) is 5.10 Å². The minimum atomic E-state index is 0.0337. The average Bonchev–Trinajstić information content (AvgIpc) is 3.10. The lowest BCUT2D eigenvalue weighted by Crippen LogP contribution is -2.36. The molecule has 4 heteroatoms. The predicted octanol–water partition coefficient (Wildman–Crippen LogP) is 3.05. The maximum Gasteiger partial charge on any atom is 0.0779 e. The van der Waals surface area contributed by atoms with Gasteiger partial charge in [-0.3, -0.25) is 4.68 Å². The van der Waals surface area contributed by atoms with E-state index in [-0.39, 0.29) is 5.60 Å². The summed E-state index contributed by atoms with van der Waals surface area (Å²) in [6.45, 7) is 4.88. The largest absolute Gasteiger partial charge is 0.374 e. The van der Waals surface area contributed by atoms with E-state index in [2.05, 4.69) is 29.2 Å². The van der Waals surface area contributed by atoms with Crippen molar-refractivity contribution in [2.45, 2.75) is 70.1 Å². The predicted molar refractivity (Wildman–Crippen MR) is 79.6 cm³/mol. The normalized spacial score (nSPS) is 28.1. The summed E-state index contributed by atoms with van der Waals surface area (Å²) in [6, 6.07) is 2.78. The van der Waals surface area contributed by atoms with Crippen molar-refractivity contribution in [2.75, 3.05) is 13.2 Å². The van der Waals surface area contributed by atoms with Gasteiger partial charge in [0.1, 0.15) is 0 Å². The number of hydrogen-bond acceptors (Lipinski definition) is 3. The smallest absolute Gasteiger partial charge is 0.0779 e. The molecule has 1 unspecified atom stereocenters. The van der Waals surface area contributed by atoms with Gasteiger partial charge in [-0.05, 0) is 38.7 Å². The van der Waals surface area contributed by atoms with E-state index >= 15 is 0 Å². The van der Waals surface area contributed by atoms with Gasteiger partial charge in [0.15, 0.2) is 0 Å². The Morgan fingerprint density at radius 2 is 2.20 bits per heavy atom. The number of ether oxygens (including phenoxy) is 1. The number of nitrogens with one attached hydrogen (secondary N) is 1. The standard InChI is InChI=1S/C16H27N3O/c1-16(9-5-11-20-16)13-17-12-14-8-10-19(18-14)15-6-3-2-4-7-15/h8,10,15,17H,2-7,9,11-13H2,1H3. The van der Waals surface area contributed by atoms with E-state index in [1.807, 2.05) is 0 Å². The molecule has 1 saturated carbocycles. The Bertz CT molecular complexity index is 417. The molecule has 0 amide bonds. The summed E-state index contributed by atoms with van der Waals surface area (Å²) < 4.78 is 7.98. The fourth-order valence-corrected chi connectivity index (χ4v) is 3.45. The maximum absolute atomic E-state index is 5.79. The number of aromatic nitrogens is 2. The Morgan fingerprint density at radius 1 is 1.35 bits per heavy atom. The minimum Gasteiger partial charge on any atom is -0.374 e. The zero-order chi connectivity index (χ0) is 13.8. The topological polar surface area (TPSA) is 39.1 Å². The summed E-state index contributed by atoms with van der Waals surface area (Å²) >= 11 is 0. The van der Waals surface area contributed by atoms with Gasteiger partial charge in [-0.25, -0.2) is 0 Å². The fourth-order valence-electron chi connectivity index (χ4n) is 3.45. The molecule has 20 heavy (non-hydrogen) atoms. The van der Waals surface area contributed by atoms with E-state index in [0.29, 0.717) is 6.04 Å². The van der Waals surface area contributed by atoms with E-state index in [1.165, 1.54) is 38.5 Å². The Morgan fingerprint density at radius 3 is 2.95 bits per heavy atom. The quantitative estimate of drug-likeness (QED) is 0.899. The van der Waals surface area contributed by atoms with Crippen LogP contribution in [0.1, 0.15) is 63.6 Å². The summed E-state index contributed by atoms with van der Waals surface area (Å²) in [5, 5.41) is 8.23. The SMILES string of the molecule is CC1(CNCc2ccn(C3CCCCC3)n2)CCCO1. The Balaban J connectivity index is 1.47. The Labute approximate surface area is 121 Å². The third kappa shape index (κ3) is 3.41. The van der Waals surface area contributed by atoms with Crippen molar-refractivity contribution >= 4 is 0 Å². The van der Waals surface area contributed by atoms with Gasteiger partial charge in [-0.15, -0.1) is 0 Å². The van der Waals surface area contributed by atoms with Crippen LogP contribution in [0.5, 0.6) is 0 Å². The second-order valence-electron chi connectivity index (χ2n) is 6.58. The average molecular weight is 277 g/mol. The molecule has 0 aromatic carbocycles. The van der Waals surface area contributed by atoms with Gasteiger partial charge >= 0.3 is 0 Å². The first kappa shape index (κ1) is 14.1. The molecule has 2 aliphatic rings. The number of rotatable bonds is 5. The van der Waals surface area contributed by atoms with Crippen LogP contribution in [0.4, 0.5) is 0 Å². The van der Waals surface area contributed by atoms with E-state index in [9.17, 15) is 0 Å². The van der Waals surface area contributed by atoms with Crippen LogP contribution in [0.3, 0.4) is 0 Å². The molecule has 1 aliphatic heterocycles. The van der Waals surface area contributed by atoms with E-state index < -0.39 is 0 Å². The van der Waals surface area contributed by atoms with Crippen LogP contribution < -0.4 is 5.32 Å². The second-order valence-corrected chi connectivity index (χ2v) is 6.58. The molecule has 4 nitrogen and oxygen atoms in total. The van der Waals surface area contributed by atoms with Gasteiger partial charge in [0, 0.05) is 25.9 Å². The third-order valence-corrected chi connectivity index (χ3v) is 4.72. The molecule has 2 fully saturated rings. The summed E-state index contributed by atoms with van der Waals surface area (Å²) in [5.41, 5.74) is 1.18. The molecule has 1 atom stereocenters. The first-order valence-electron chi connectivity index (χ1n) is 8.14. The summed E-state index contributed by atoms with van der Waals surface area (Å²) in [7, 11) is 0. The highest BCUT2D eigenvalue weighted by Gasteiger charge is 2.29. The molecule has 0 spiro atoms. The van der Waals surface area contributed by atoms with Crippen molar-refractivity contribution in [3.05, 3.63) is 18.0 Å². The Hall–Kier alpha value is -0.870. The van der Waals surface area contributed by atoms with Crippen molar-refractivity contribution in [2.24, 2.45) is 0 Å². The highest BCUT2D eigenvalue weighted by Crippen LogP contribution is 2.27. The zero-order valence-corrected chi connectivity index (χ0v) is 12.6. The van der Waals surface area contributed by atoms with Crippen LogP contribution in [0.2, 0.25) is 0 Å². The molecule has 1 aromatic rings. The molecule has 2 heterocycles. The minimum absolute atomic E-state index is 0.0337. The highest BCUT2D eigenvalue weighted by atomic mass is 16.5.